The van der Waals surface area contributed by atoms with Gasteiger partial charge in [-0.3, -0.25) is 9.59 Å². The molecule has 0 radical (unpaired) electrons. The van der Waals surface area contributed by atoms with Crippen molar-refractivity contribution in [2.75, 3.05) is 33.4 Å². The van der Waals surface area contributed by atoms with Crippen LogP contribution in [0.3, 0.4) is 0 Å². The molecule has 0 aliphatic carbocycles. The first kappa shape index (κ1) is 24.5. The molecule has 9 nitrogen and oxygen atoms in total. The molecular formula is C25H26N2O7S. The predicted molar refractivity (Wildman–Crippen MR) is 129 cm³/mol. The molecule has 0 spiro atoms. The van der Waals surface area contributed by atoms with E-state index in [0.717, 1.165) is 10.8 Å². The summed E-state index contributed by atoms with van der Waals surface area (Å²) in [5.74, 6) is 0.182. The Labute approximate surface area is 203 Å². The molecule has 35 heavy (non-hydrogen) atoms. The van der Waals surface area contributed by atoms with E-state index in [-0.39, 0.29) is 30.5 Å². The second kappa shape index (κ2) is 10.7. The molecule has 1 aliphatic heterocycles. The monoisotopic (exact) mass is 498 g/mol. The summed E-state index contributed by atoms with van der Waals surface area (Å²) in [6.45, 7) is -0.0380. The zero-order chi connectivity index (χ0) is 24.8. The van der Waals surface area contributed by atoms with Crippen LogP contribution in [0.25, 0.3) is 10.8 Å². The van der Waals surface area contributed by atoms with Crippen LogP contribution in [-0.2, 0) is 24.3 Å². The Bertz CT molecular complexity index is 1330. The summed E-state index contributed by atoms with van der Waals surface area (Å²) in [5.41, 5.74) is 0. The molecule has 3 aromatic rings. The lowest BCUT2D eigenvalue weighted by Crippen LogP contribution is -2.43. The molecule has 0 aromatic heterocycles. The topological polar surface area (TPSA) is 111 Å². The number of rotatable bonds is 9. The number of amides is 1. The highest BCUT2D eigenvalue weighted by molar-refractivity contribution is 7.89. The highest BCUT2D eigenvalue weighted by atomic mass is 32.2. The summed E-state index contributed by atoms with van der Waals surface area (Å²) >= 11 is 0. The zero-order valence-electron chi connectivity index (χ0n) is 19.2. The van der Waals surface area contributed by atoms with Crippen LogP contribution in [-0.4, -0.2) is 64.6 Å². The number of esters is 1. The molecule has 4 rings (SSSR count). The predicted octanol–water partition coefficient (Wildman–Crippen LogP) is 2.35. The van der Waals surface area contributed by atoms with Gasteiger partial charge in [0.15, 0.2) is 24.2 Å². The normalized spacial score (nSPS) is 14.9. The summed E-state index contributed by atoms with van der Waals surface area (Å²) in [6, 6.07) is 19.5. The van der Waals surface area contributed by atoms with E-state index in [1.807, 2.05) is 42.5 Å². The SMILES string of the molecule is CN(CC1COc2ccccc2O1)C(=O)COC(=O)CCNS(=O)(=O)c1ccc2ccccc2c1. The van der Waals surface area contributed by atoms with E-state index in [0.29, 0.717) is 18.1 Å². The maximum atomic E-state index is 12.5. The fourth-order valence-corrected chi connectivity index (χ4v) is 4.66. The Morgan fingerprint density at radius 2 is 1.74 bits per heavy atom. The number of para-hydroxylation sites is 2. The Morgan fingerprint density at radius 3 is 2.54 bits per heavy atom. The minimum Gasteiger partial charge on any atom is -0.486 e. The van der Waals surface area contributed by atoms with Gasteiger partial charge in [0.05, 0.1) is 17.9 Å². The number of likely N-dealkylation sites (N-methyl/N-ethyl adjacent to an activating group) is 1. The van der Waals surface area contributed by atoms with Gasteiger partial charge in [0.2, 0.25) is 10.0 Å². The molecule has 0 saturated heterocycles. The smallest absolute Gasteiger partial charge is 0.307 e. The molecule has 1 atom stereocenters. The Morgan fingerprint density at radius 1 is 1.03 bits per heavy atom. The third-order valence-electron chi connectivity index (χ3n) is 5.48. The summed E-state index contributed by atoms with van der Waals surface area (Å²) < 4.78 is 43.9. The van der Waals surface area contributed by atoms with E-state index >= 15 is 0 Å². The number of ether oxygens (including phenoxy) is 3. The number of nitrogens with one attached hydrogen (secondary N) is 1. The quantitative estimate of drug-likeness (QED) is 0.451. The summed E-state index contributed by atoms with van der Waals surface area (Å²) in [6.07, 6.45) is -0.556. The first-order chi connectivity index (χ1) is 16.8. The van der Waals surface area contributed by atoms with E-state index in [2.05, 4.69) is 4.72 Å². The van der Waals surface area contributed by atoms with Crippen LogP contribution < -0.4 is 14.2 Å². The first-order valence-electron chi connectivity index (χ1n) is 11.1. The summed E-state index contributed by atoms with van der Waals surface area (Å²) in [4.78, 5) is 25.9. The van der Waals surface area contributed by atoms with Crippen LogP contribution in [0.1, 0.15) is 6.42 Å². The van der Waals surface area contributed by atoms with Gasteiger partial charge in [-0.2, -0.15) is 0 Å². The van der Waals surface area contributed by atoms with Crippen LogP contribution in [0.4, 0.5) is 0 Å². The average molecular weight is 499 g/mol. The van der Waals surface area contributed by atoms with Gasteiger partial charge in [0.25, 0.3) is 5.91 Å². The largest absolute Gasteiger partial charge is 0.486 e. The van der Waals surface area contributed by atoms with Gasteiger partial charge in [-0.15, -0.1) is 0 Å². The van der Waals surface area contributed by atoms with Crippen LogP contribution in [0.15, 0.2) is 71.6 Å². The molecule has 10 heteroatoms. The van der Waals surface area contributed by atoms with E-state index < -0.39 is 28.5 Å². The molecular weight excluding hydrogens is 472 g/mol. The fourth-order valence-electron chi connectivity index (χ4n) is 3.59. The van der Waals surface area contributed by atoms with Crippen molar-refractivity contribution >= 4 is 32.7 Å². The van der Waals surface area contributed by atoms with Gasteiger partial charge in [-0.25, -0.2) is 13.1 Å². The van der Waals surface area contributed by atoms with Crippen molar-refractivity contribution in [1.82, 2.24) is 9.62 Å². The highest BCUT2D eigenvalue weighted by Crippen LogP contribution is 2.30. The van der Waals surface area contributed by atoms with Crippen molar-refractivity contribution < 1.29 is 32.2 Å². The lowest BCUT2D eigenvalue weighted by atomic mass is 10.1. The fraction of sp³-hybridized carbons (Fsp3) is 0.280. The van der Waals surface area contributed by atoms with E-state index in [1.165, 1.54) is 11.0 Å². The van der Waals surface area contributed by atoms with Gasteiger partial charge in [-0.05, 0) is 35.0 Å². The van der Waals surface area contributed by atoms with Gasteiger partial charge < -0.3 is 19.1 Å². The number of sulfonamides is 1. The van der Waals surface area contributed by atoms with E-state index in [1.54, 1.807) is 25.2 Å². The molecule has 1 amide bonds. The van der Waals surface area contributed by atoms with Crippen LogP contribution in [0.2, 0.25) is 0 Å². The number of hydrogen-bond donors (Lipinski definition) is 1. The third kappa shape index (κ3) is 6.28. The van der Waals surface area contributed by atoms with Gasteiger partial charge in [-0.1, -0.05) is 42.5 Å². The molecule has 3 aromatic carbocycles. The third-order valence-corrected chi connectivity index (χ3v) is 6.94. The number of carbonyl (C=O) groups excluding carboxylic acids is 2. The van der Waals surface area contributed by atoms with Gasteiger partial charge in [0, 0.05) is 13.6 Å². The molecule has 0 bridgehead atoms. The number of carbonyl (C=O) groups is 2. The summed E-state index contributed by atoms with van der Waals surface area (Å²) in [7, 11) is -2.21. The Balaban J connectivity index is 1.19. The standard InChI is InChI=1S/C25H26N2O7S/c1-27(15-20-16-32-22-8-4-5-9-23(22)34-20)24(28)17-33-25(29)12-13-26-35(30,31)21-11-10-18-6-2-3-7-19(18)14-21/h2-11,14,20,26H,12-13,15-17H2,1H3. The Kier molecular flexibility index (Phi) is 7.52. The van der Waals surface area contributed by atoms with Gasteiger partial charge in [0.1, 0.15) is 6.61 Å². The maximum Gasteiger partial charge on any atom is 0.307 e. The molecule has 0 fully saturated rings. The maximum absolute atomic E-state index is 12.5. The molecule has 1 aliphatic rings. The number of benzene rings is 3. The van der Waals surface area contributed by atoms with Crippen LogP contribution in [0, 0.1) is 0 Å². The second-order valence-corrected chi connectivity index (χ2v) is 9.86. The molecule has 1 N–H and O–H groups in total. The van der Waals surface area contributed by atoms with Crippen LogP contribution >= 0.6 is 0 Å². The highest BCUT2D eigenvalue weighted by Gasteiger charge is 2.24. The minimum absolute atomic E-state index is 0.109. The molecule has 0 saturated carbocycles. The summed E-state index contributed by atoms with van der Waals surface area (Å²) in [5, 5.41) is 1.73. The van der Waals surface area contributed by atoms with Crippen molar-refractivity contribution in [3.05, 3.63) is 66.7 Å². The van der Waals surface area contributed by atoms with Crippen molar-refractivity contribution in [3.8, 4) is 11.5 Å². The number of fused-ring (bicyclic) bond motifs is 2. The van der Waals surface area contributed by atoms with E-state index in [4.69, 9.17) is 14.2 Å². The van der Waals surface area contributed by atoms with Crippen LogP contribution in [0.5, 0.6) is 11.5 Å². The number of nitrogens with zero attached hydrogens (tertiary/aromatic N) is 1. The minimum atomic E-state index is -3.79. The molecule has 1 unspecified atom stereocenters. The molecule has 1 heterocycles. The van der Waals surface area contributed by atoms with Crippen molar-refractivity contribution in [2.24, 2.45) is 0 Å². The average Bonchev–Trinajstić information content (AvgIpc) is 2.86. The van der Waals surface area contributed by atoms with Crippen molar-refractivity contribution in [2.45, 2.75) is 17.4 Å². The number of hydrogen-bond acceptors (Lipinski definition) is 7. The molecule has 184 valence electrons. The first-order valence-corrected chi connectivity index (χ1v) is 12.6. The second-order valence-electron chi connectivity index (χ2n) is 8.09. The Hall–Kier alpha value is -3.63. The van der Waals surface area contributed by atoms with E-state index in [9.17, 15) is 18.0 Å². The lowest BCUT2D eigenvalue weighted by Gasteiger charge is -2.29. The van der Waals surface area contributed by atoms with Crippen molar-refractivity contribution in [1.29, 1.82) is 0 Å². The van der Waals surface area contributed by atoms with Crippen molar-refractivity contribution in [3.63, 3.8) is 0 Å². The van der Waals surface area contributed by atoms with Gasteiger partial charge >= 0.3 is 5.97 Å². The zero-order valence-corrected chi connectivity index (χ0v) is 20.0. The lowest BCUT2D eigenvalue weighted by molar-refractivity contribution is -0.151.